The van der Waals surface area contributed by atoms with Crippen LogP contribution in [0, 0.1) is 0 Å². The molecule has 1 heterocycles. The normalized spacial score (nSPS) is 12.8. The average molecular weight is 393 g/mol. The van der Waals surface area contributed by atoms with Gasteiger partial charge in [0.1, 0.15) is 11.9 Å². The van der Waals surface area contributed by atoms with Crippen molar-refractivity contribution in [1.82, 2.24) is 14.9 Å². The predicted octanol–water partition coefficient (Wildman–Crippen LogP) is 2.12. The van der Waals surface area contributed by atoms with Crippen LogP contribution in [-0.2, 0) is 19.0 Å². The van der Waals surface area contributed by atoms with E-state index in [0.717, 1.165) is 4.57 Å². The first-order chi connectivity index (χ1) is 12.0. The number of amides is 1. The van der Waals surface area contributed by atoms with Gasteiger partial charge in [0.05, 0.1) is 13.2 Å². The summed E-state index contributed by atoms with van der Waals surface area (Å²) < 4.78 is 44.3. The minimum atomic E-state index is -4.06. The van der Waals surface area contributed by atoms with Crippen molar-refractivity contribution in [3.8, 4) is 0 Å². The number of nitrogens with zero attached hydrogens (tertiary/aromatic N) is 2. The Bertz CT molecular complexity index is 632. The van der Waals surface area contributed by atoms with E-state index in [-0.39, 0.29) is 11.8 Å². The second-order valence-electron chi connectivity index (χ2n) is 6.07. The first-order valence-corrected chi connectivity index (χ1v) is 8.09. The van der Waals surface area contributed by atoms with Gasteiger partial charge >= 0.3 is 18.0 Å². The van der Waals surface area contributed by atoms with E-state index in [1.165, 1.54) is 25.6 Å². The molecule has 26 heavy (non-hydrogen) atoms. The van der Waals surface area contributed by atoms with Gasteiger partial charge in [-0.3, -0.25) is 4.57 Å². The Morgan fingerprint density at radius 1 is 1.35 bits per heavy atom. The number of thiocarbonyl (C=S) groups is 1. The summed E-state index contributed by atoms with van der Waals surface area (Å²) in [7, 11) is 0. The van der Waals surface area contributed by atoms with E-state index in [2.05, 4.69) is 15.0 Å². The standard InChI is InChI=1S/C15H21F2N3O5S/c1-5-23-11(21)15(16,17)10(8-19-12(22)25-14(2,3)4)24-13(26)20-7-6-18-9-20/h6-7,9-10H,5,8H2,1-4H3,(H,19,22). The summed E-state index contributed by atoms with van der Waals surface area (Å²) in [5.74, 6) is -5.85. The summed E-state index contributed by atoms with van der Waals surface area (Å²) in [5.41, 5.74) is -0.823. The first-order valence-electron chi connectivity index (χ1n) is 7.68. The van der Waals surface area contributed by atoms with Crippen LogP contribution in [0.4, 0.5) is 13.6 Å². The Morgan fingerprint density at radius 3 is 2.50 bits per heavy atom. The molecule has 0 fully saturated rings. The van der Waals surface area contributed by atoms with Gasteiger partial charge in [0, 0.05) is 12.4 Å². The zero-order valence-electron chi connectivity index (χ0n) is 14.8. The van der Waals surface area contributed by atoms with Crippen LogP contribution in [0.15, 0.2) is 18.7 Å². The number of aromatic nitrogens is 2. The molecule has 0 aliphatic heterocycles. The number of esters is 1. The Kier molecular flexibility index (Phi) is 7.42. The van der Waals surface area contributed by atoms with Crippen LogP contribution in [-0.4, -0.2) is 57.6 Å². The zero-order valence-corrected chi connectivity index (χ0v) is 15.6. The van der Waals surface area contributed by atoms with Crippen molar-refractivity contribution in [3.63, 3.8) is 0 Å². The predicted molar refractivity (Wildman–Crippen MR) is 90.9 cm³/mol. The fourth-order valence-corrected chi connectivity index (χ4v) is 1.87. The average Bonchev–Trinajstić information content (AvgIpc) is 3.03. The number of nitrogens with one attached hydrogen (secondary N) is 1. The highest BCUT2D eigenvalue weighted by Gasteiger charge is 2.51. The molecule has 1 amide bonds. The molecule has 11 heteroatoms. The molecule has 0 aromatic carbocycles. The molecule has 1 N–H and O–H groups in total. The third-order valence-electron chi connectivity index (χ3n) is 2.74. The van der Waals surface area contributed by atoms with Gasteiger partial charge in [0.15, 0.2) is 6.10 Å². The smallest absolute Gasteiger partial charge is 0.407 e. The molecule has 0 radical (unpaired) electrons. The van der Waals surface area contributed by atoms with Crippen LogP contribution in [0.2, 0.25) is 0 Å². The number of ether oxygens (including phenoxy) is 3. The summed E-state index contributed by atoms with van der Waals surface area (Å²) in [5, 5.41) is 1.76. The SMILES string of the molecule is CCOC(=O)C(F)(F)C(CNC(=O)OC(C)(C)C)OC(=S)n1ccnc1. The van der Waals surface area contributed by atoms with Crippen LogP contribution in [0.3, 0.4) is 0 Å². The minimum absolute atomic E-state index is 0.243. The molecule has 1 rings (SSSR count). The van der Waals surface area contributed by atoms with Gasteiger partial charge in [0.25, 0.3) is 5.17 Å². The fraction of sp³-hybridized carbons (Fsp3) is 0.600. The number of alkyl halides is 2. The molecule has 0 saturated carbocycles. The summed E-state index contributed by atoms with van der Waals surface area (Å²) in [4.78, 5) is 27.0. The molecule has 1 aromatic rings. The van der Waals surface area contributed by atoms with Gasteiger partial charge < -0.3 is 19.5 Å². The quantitative estimate of drug-likeness (QED) is 0.585. The lowest BCUT2D eigenvalue weighted by molar-refractivity contribution is -0.186. The van der Waals surface area contributed by atoms with Crippen molar-refractivity contribution in [3.05, 3.63) is 18.7 Å². The fourth-order valence-electron chi connectivity index (χ4n) is 1.64. The third kappa shape index (κ3) is 6.54. The topological polar surface area (TPSA) is 91.7 Å². The van der Waals surface area contributed by atoms with Gasteiger partial charge in [-0.05, 0) is 39.9 Å². The second-order valence-corrected chi connectivity index (χ2v) is 6.42. The molecule has 0 aliphatic rings. The maximum atomic E-state index is 14.4. The van der Waals surface area contributed by atoms with E-state index in [1.807, 2.05) is 0 Å². The molecule has 0 saturated heterocycles. The largest absolute Gasteiger partial charge is 0.461 e. The maximum absolute atomic E-state index is 14.4. The summed E-state index contributed by atoms with van der Waals surface area (Å²) >= 11 is 4.91. The number of carbonyl (C=O) groups excluding carboxylic acids is 2. The number of carbonyl (C=O) groups is 2. The highest BCUT2D eigenvalue weighted by atomic mass is 32.1. The Morgan fingerprint density at radius 2 is 2.00 bits per heavy atom. The summed E-state index contributed by atoms with van der Waals surface area (Å²) in [6.45, 7) is 5.24. The van der Waals surface area contributed by atoms with E-state index in [4.69, 9.17) is 21.7 Å². The molecule has 0 spiro atoms. The van der Waals surface area contributed by atoms with Crippen LogP contribution >= 0.6 is 12.2 Å². The maximum Gasteiger partial charge on any atom is 0.407 e. The van der Waals surface area contributed by atoms with Crippen LogP contribution in [0.5, 0.6) is 0 Å². The molecular weight excluding hydrogens is 372 g/mol. The van der Waals surface area contributed by atoms with E-state index in [1.54, 1.807) is 20.8 Å². The number of hydrogen-bond acceptors (Lipinski definition) is 7. The molecule has 0 bridgehead atoms. The van der Waals surface area contributed by atoms with Gasteiger partial charge in [-0.1, -0.05) is 0 Å². The molecular formula is C15H21F2N3O5S. The molecule has 1 unspecified atom stereocenters. The van der Waals surface area contributed by atoms with Crippen LogP contribution in [0.25, 0.3) is 0 Å². The van der Waals surface area contributed by atoms with Crippen molar-refractivity contribution >= 4 is 29.5 Å². The Balaban J connectivity index is 2.89. The first kappa shape index (κ1) is 21.7. The van der Waals surface area contributed by atoms with Crippen molar-refractivity contribution in [2.75, 3.05) is 13.2 Å². The highest BCUT2D eigenvalue weighted by molar-refractivity contribution is 7.80. The number of halogens is 2. The monoisotopic (exact) mass is 393 g/mol. The molecule has 1 aromatic heterocycles. The van der Waals surface area contributed by atoms with E-state index >= 15 is 0 Å². The molecule has 0 aliphatic carbocycles. The van der Waals surface area contributed by atoms with Crippen LogP contribution < -0.4 is 5.32 Å². The second kappa shape index (κ2) is 8.88. The Labute approximate surface area is 154 Å². The lowest BCUT2D eigenvalue weighted by Gasteiger charge is -2.27. The summed E-state index contributed by atoms with van der Waals surface area (Å²) in [6.07, 6.45) is 0.933. The van der Waals surface area contributed by atoms with Gasteiger partial charge in [-0.15, -0.1) is 0 Å². The minimum Gasteiger partial charge on any atom is -0.461 e. The molecule has 146 valence electrons. The zero-order chi connectivity index (χ0) is 20.0. The number of imidazole rings is 1. The van der Waals surface area contributed by atoms with Crippen LogP contribution in [0.1, 0.15) is 27.7 Å². The lowest BCUT2D eigenvalue weighted by Crippen LogP contribution is -2.51. The van der Waals surface area contributed by atoms with Crippen molar-refractivity contribution in [2.24, 2.45) is 0 Å². The number of hydrogen-bond donors (Lipinski definition) is 1. The van der Waals surface area contributed by atoms with Gasteiger partial charge in [-0.2, -0.15) is 8.78 Å². The van der Waals surface area contributed by atoms with Gasteiger partial charge in [-0.25, -0.2) is 14.6 Å². The Hall–Kier alpha value is -2.30. The van der Waals surface area contributed by atoms with E-state index in [9.17, 15) is 18.4 Å². The summed E-state index contributed by atoms with van der Waals surface area (Å²) in [6, 6.07) is 0. The number of rotatable bonds is 6. The van der Waals surface area contributed by atoms with Crippen molar-refractivity contribution in [1.29, 1.82) is 0 Å². The lowest BCUT2D eigenvalue weighted by atomic mass is 10.2. The third-order valence-corrected chi connectivity index (χ3v) is 3.05. The van der Waals surface area contributed by atoms with Gasteiger partial charge in [0.2, 0.25) is 0 Å². The van der Waals surface area contributed by atoms with Crippen molar-refractivity contribution < 1.29 is 32.6 Å². The van der Waals surface area contributed by atoms with Crippen molar-refractivity contribution in [2.45, 2.75) is 45.3 Å². The van der Waals surface area contributed by atoms with E-state index < -0.39 is 36.2 Å². The highest BCUT2D eigenvalue weighted by Crippen LogP contribution is 2.24. The molecule has 8 nitrogen and oxygen atoms in total. The van der Waals surface area contributed by atoms with E-state index in [0.29, 0.717) is 0 Å². The number of alkyl carbamates (subject to hydrolysis) is 1. The molecule has 1 atom stereocenters.